The van der Waals surface area contributed by atoms with Crippen molar-refractivity contribution < 1.29 is 4.79 Å². The molecule has 0 heterocycles. The van der Waals surface area contributed by atoms with E-state index in [1.54, 1.807) is 0 Å². The van der Waals surface area contributed by atoms with Gasteiger partial charge in [-0.1, -0.05) is 32.6 Å². The van der Waals surface area contributed by atoms with Crippen molar-refractivity contribution in [1.29, 1.82) is 0 Å². The van der Waals surface area contributed by atoms with Crippen molar-refractivity contribution >= 4 is 28.4 Å². The fraction of sp³-hybridized carbons (Fsp3) is 0.900. The summed E-state index contributed by atoms with van der Waals surface area (Å²) in [6, 6.07) is 0. The van der Waals surface area contributed by atoms with Crippen LogP contribution in [0.2, 0.25) is 0 Å². The molecule has 0 aromatic carbocycles. The predicted molar refractivity (Wildman–Crippen MR) is 58.5 cm³/mol. The Balaban J connectivity index is 3.19. The van der Waals surface area contributed by atoms with Gasteiger partial charge in [-0.2, -0.15) is 0 Å². The molecule has 13 heavy (non-hydrogen) atoms. The zero-order chi connectivity index (χ0) is 10.1. The number of hydrogen-bond acceptors (Lipinski definition) is 1. The Bertz CT molecular complexity index is 137. The van der Waals surface area contributed by atoms with Crippen LogP contribution in [0.3, 0.4) is 0 Å². The summed E-state index contributed by atoms with van der Waals surface area (Å²) in [4.78, 5) is 10.4. The van der Waals surface area contributed by atoms with Gasteiger partial charge in [-0.05, 0) is 24.4 Å². The Morgan fingerprint density at radius 2 is 1.92 bits per heavy atom. The molecule has 78 valence electrons. The van der Waals surface area contributed by atoms with Gasteiger partial charge < -0.3 is 0 Å². The minimum absolute atomic E-state index is 0.125. The number of halogens is 2. The van der Waals surface area contributed by atoms with Crippen LogP contribution in [0.5, 0.6) is 0 Å². The second-order valence-electron chi connectivity index (χ2n) is 3.34. The van der Waals surface area contributed by atoms with Crippen molar-refractivity contribution in [3.05, 3.63) is 0 Å². The van der Waals surface area contributed by atoms with Gasteiger partial charge in [0.25, 0.3) is 0 Å². The molecule has 0 aromatic rings. The van der Waals surface area contributed by atoms with Gasteiger partial charge in [0.05, 0.1) is 0 Å². The molecule has 0 saturated heterocycles. The SMILES string of the molecule is CCCCCCC(Cl)CCC(=O)Cl. The van der Waals surface area contributed by atoms with E-state index in [9.17, 15) is 4.79 Å². The Labute approximate surface area is 90.8 Å². The highest BCUT2D eigenvalue weighted by atomic mass is 35.5. The average Bonchev–Trinajstić information content (AvgIpc) is 2.09. The lowest BCUT2D eigenvalue weighted by Gasteiger charge is -2.06. The molecule has 1 unspecified atom stereocenters. The highest BCUT2D eigenvalue weighted by Crippen LogP contribution is 2.15. The molecule has 3 heteroatoms. The van der Waals surface area contributed by atoms with E-state index in [2.05, 4.69) is 6.92 Å². The molecule has 0 N–H and O–H groups in total. The molecule has 0 radical (unpaired) electrons. The molecule has 0 fully saturated rings. The standard InChI is InChI=1S/C10H18Cl2O/c1-2-3-4-5-6-9(11)7-8-10(12)13/h9H,2-8H2,1H3. The second kappa shape index (κ2) is 8.83. The molecule has 0 rings (SSSR count). The molecule has 0 aromatic heterocycles. The molecule has 0 aliphatic rings. The molecular formula is C10H18Cl2O. The first kappa shape index (κ1) is 13.2. The van der Waals surface area contributed by atoms with Crippen molar-refractivity contribution in [3.63, 3.8) is 0 Å². The van der Waals surface area contributed by atoms with Crippen molar-refractivity contribution in [3.8, 4) is 0 Å². The van der Waals surface area contributed by atoms with Crippen molar-refractivity contribution in [2.75, 3.05) is 0 Å². The lowest BCUT2D eigenvalue weighted by atomic mass is 10.1. The van der Waals surface area contributed by atoms with Crippen LogP contribution in [0, 0.1) is 0 Å². The first-order valence-electron chi connectivity index (χ1n) is 4.99. The largest absolute Gasteiger partial charge is 0.281 e. The Kier molecular flexibility index (Phi) is 9.00. The van der Waals surface area contributed by atoms with Crippen LogP contribution < -0.4 is 0 Å². The number of alkyl halides is 1. The van der Waals surface area contributed by atoms with Crippen LogP contribution in [0.4, 0.5) is 0 Å². The number of unbranched alkanes of at least 4 members (excludes halogenated alkanes) is 3. The Hall–Kier alpha value is 0.250. The summed E-state index contributed by atoms with van der Waals surface area (Å²) in [5, 5.41) is -0.154. The molecule has 0 aliphatic carbocycles. The number of rotatable bonds is 8. The van der Waals surface area contributed by atoms with E-state index in [4.69, 9.17) is 23.2 Å². The normalized spacial score (nSPS) is 12.8. The first-order valence-corrected chi connectivity index (χ1v) is 5.80. The molecule has 0 bridgehead atoms. The van der Waals surface area contributed by atoms with E-state index in [1.807, 2.05) is 0 Å². The van der Waals surface area contributed by atoms with E-state index in [-0.39, 0.29) is 10.6 Å². The maximum atomic E-state index is 10.4. The highest BCUT2D eigenvalue weighted by molar-refractivity contribution is 6.63. The van der Waals surface area contributed by atoms with Crippen molar-refractivity contribution in [1.82, 2.24) is 0 Å². The summed E-state index contributed by atoms with van der Waals surface area (Å²) in [5.74, 6) is 0. The lowest BCUT2D eigenvalue weighted by Crippen LogP contribution is -2.00. The third-order valence-electron chi connectivity index (χ3n) is 2.03. The van der Waals surface area contributed by atoms with Gasteiger partial charge in [-0.25, -0.2) is 0 Å². The van der Waals surface area contributed by atoms with Gasteiger partial charge in [-0.3, -0.25) is 4.79 Å². The zero-order valence-corrected chi connectivity index (χ0v) is 9.70. The highest BCUT2D eigenvalue weighted by Gasteiger charge is 2.06. The van der Waals surface area contributed by atoms with Crippen LogP contribution in [0.25, 0.3) is 0 Å². The Morgan fingerprint density at radius 3 is 2.46 bits per heavy atom. The fourth-order valence-electron chi connectivity index (χ4n) is 1.21. The minimum Gasteiger partial charge on any atom is -0.281 e. The molecule has 1 atom stereocenters. The van der Waals surface area contributed by atoms with E-state index < -0.39 is 0 Å². The predicted octanol–water partition coefficient (Wildman–Crippen LogP) is 4.11. The lowest BCUT2D eigenvalue weighted by molar-refractivity contribution is -0.111. The maximum absolute atomic E-state index is 10.4. The number of hydrogen-bond donors (Lipinski definition) is 0. The third-order valence-corrected chi connectivity index (χ3v) is 2.65. The van der Waals surface area contributed by atoms with Gasteiger partial charge in [0.2, 0.25) is 5.24 Å². The third kappa shape index (κ3) is 10.2. The van der Waals surface area contributed by atoms with Crippen LogP contribution in [0.1, 0.15) is 51.9 Å². The van der Waals surface area contributed by atoms with Crippen molar-refractivity contribution in [2.24, 2.45) is 0 Å². The van der Waals surface area contributed by atoms with Gasteiger partial charge in [0.15, 0.2) is 0 Å². The fourth-order valence-corrected chi connectivity index (χ4v) is 1.58. The molecule has 0 aliphatic heterocycles. The molecule has 0 saturated carbocycles. The maximum Gasteiger partial charge on any atom is 0.221 e. The van der Waals surface area contributed by atoms with Gasteiger partial charge >= 0.3 is 0 Å². The van der Waals surface area contributed by atoms with Crippen LogP contribution in [-0.4, -0.2) is 10.6 Å². The van der Waals surface area contributed by atoms with Crippen LogP contribution >= 0.6 is 23.2 Å². The topological polar surface area (TPSA) is 17.1 Å². The van der Waals surface area contributed by atoms with Gasteiger partial charge in [0, 0.05) is 11.8 Å². The van der Waals surface area contributed by atoms with E-state index in [1.165, 1.54) is 25.7 Å². The zero-order valence-electron chi connectivity index (χ0n) is 8.19. The summed E-state index contributed by atoms with van der Waals surface area (Å²) in [6.45, 7) is 2.18. The van der Waals surface area contributed by atoms with Crippen LogP contribution in [0.15, 0.2) is 0 Å². The summed E-state index contributed by atoms with van der Waals surface area (Å²) in [5.41, 5.74) is 0. The summed E-state index contributed by atoms with van der Waals surface area (Å²) >= 11 is 11.2. The van der Waals surface area contributed by atoms with Crippen molar-refractivity contribution in [2.45, 2.75) is 57.2 Å². The Morgan fingerprint density at radius 1 is 1.23 bits per heavy atom. The first-order chi connectivity index (χ1) is 6.16. The molecule has 1 nitrogen and oxygen atoms in total. The van der Waals surface area contributed by atoms with E-state index in [0.717, 1.165) is 12.8 Å². The second-order valence-corrected chi connectivity index (χ2v) is 4.38. The smallest absolute Gasteiger partial charge is 0.221 e. The number of carbonyl (C=O) groups is 1. The summed E-state index contributed by atoms with van der Waals surface area (Å²) in [6.07, 6.45) is 7.06. The summed E-state index contributed by atoms with van der Waals surface area (Å²) < 4.78 is 0. The summed E-state index contributed by atoms with van der Waals surface area (Å²) in [7, 11) is 0. The molecule has 0 amide bonds. The molecule has 0 spiro atoms. The molecular weight excluding hydrogens is 207 g/mol. The average molecular weight is 225 g/mol. The number of carbonyl (C=O) groups excluding carboxylic acids is 1. The van der Waals surface area contributed by atoms with Crippen LogP contribution in [-0.2, 0) is 4.79 Å². The van der Waals surface area contributed by atoms with E-state index in [0.29, 0.717) is 6.42 Å². The van der Waals surface area contributed by atoms with Gasteiger partial charge in [0.1, 0.15) is 0 Å². The quantitative estimate of drug-likeness (QED) is 0.345. The monoisotopic (exact) mass is 224 g/mol. The minimum atomic E-state index is -0.279. The van der Waals surface area contributed by atoms with Gasteiger partial charge in [-0.15, -0.1) is 11.6 Å². The van der Waals surface area contributed by atoms with E-state index >= 15 is 0 Å².